The Hall–Kier alpha value is -2.22. The normalized spacial score (nSPS) is 36.9. The highest BCUT2D eigenvalue weighted by molar-refractivity contribution is 8.31. The highest BCUT2D eigenvalue weighted by atomic mass is 32.8. The molecule has 4 aliphatic rings. The molecule has 3 fully saturated rings. The van der Waals surface area contributed by atoms with Crippen LogP contribution in [0.2, 0.25) is 0 Å². The maximum atomic E-state index is 13.9. The van der Waals surface area contributed by atoms with E-state index in [-0.39, 0.29) is 25.0 Å². The molecule has 2 bridgehead atoms. The zero-order valence-electron chi connectivity index (χ0n) is 18.6. The molecular weight excluding hydrogens is 448 g/mol. The lowest BCUT2D eigenvalue weighted by Crippen LogP contribution is -2.62. The summed E-state index contributed by atoms with van der Waals surface area (Å²) in [5, 5.41) is 10.2. The van der Waals surface area contributed by atoms with Crippen LogP contribution < -0.4 is 9.47 Å². The molecule has 1 aromatic rings. The minimum Gasteiger partial charge on any atom is -0.454 e. The van der Waals surface area contributed by atoms with Gasteiger partial charge in [0.2, 0.25) is 6.79 Å². The molecule has 1 unspecified atom stereocenters. The van der Waals surface area contributed by atoms with Crippen LogP contribution in [0.1, 0.15) is 38.3 Å². The fraction of sp³-hybridized carbons (Fsp3) is 0.591. The number of rotatable bonds is 5. The molecule has 8 nitrogen and oxygen atoms in total. The van der Waals surface area contributed by atoms with Gasteiger partial charge in [0.05, 0.1) is 17.5 Å². The Bertz CT molecular complexity index is 1100. The van der Waals surface area contributed by atoms with E-state index in [0.29, 0.717) is 18.0 Å². The summed E-state index contributed by atoms with van der Waals surface area (Å²) in [5.41, 5.74) is -0.192. The maximum Gasteiger partial charge on any atom is 0.261 e. The SMILES string of the molecule is CN(C)CCCN1C(=O)[C@@]23C[C@](C)(C#N)[C@H](c4ccc5c(c4)OCO5)N2C(=O)[C@]1(C)S3=S. The van der Waals surface area contributed by atoms with Crippen molar-refractivity contribution in [3.63, 3.8) is 0 Å². The zero-order chi connectivity index (χ0) is 23.1. The number of benzene rings is 1. The molecule has 4 aliphatic heterocycles. The highest BCUT2D eigenvalue weighted by Crippen LogP contribution is 2.65. The van der Waals surface area contributed by atoms with Crippen LogP contribution in [0.15, 0.2) is 18.2 Å². The molecule has 0 N–H and O–H groups in total. The smallest absolute Gasteiger partial charge is 0.261 e. The number of nitriles is 1. The third-order valence-corrected chi connectivity index (χ3v) is 11.2. The number of hydrogen-bond acceptors (Lipinski definition) is 7. The van der Waals surface area contributed by atoms with Gasteiger partial charge in [-0.1, -0.05) is 15.5 Å². The molecular formula is C22H26N4O4S2. The fourth-order valence-electron chi connectivity index (χ4n) is 5.68. The van der Waals surface area contributed by atoms with E-state index in [1.807, 2.05) is 40.1 Å². The average Bonchev–Trinajstić information content (AvgIpc) is 3.41. The van der Waals surface area contributed by atoms with Gasteiger partial charge in [0.15, 0.2) is 21.2 Å². The highest BCUT2D eigenvalue weighted by Gasteiger charge is 2.81. The number of nitrogens with zero attached hydrogens (tertiary/aromatic N) is 4. The number of ether oxygens (including phenoxy) is 2. The lowest BCUT2D eigenvalue weighted by atomic mass is 9.79. The summed E-state index contributed by atoms with van der Waals surface area (Å²) >= 11 is 5.96. The minimum atomic E-state index is -1.15. The largest absolute Gasteiger partial charge is 0.454 e. The first-order chi connectivity index (χ1) is 15.1. The number of carbonyl (C=O) groups excluding carboxylic acids is 2. The van der Waals surface area contributed by atoms with Crippen LogP contribution in [0.4, 0.5) is 0 Å². The van der Waals surface area contributed by atoms with E-state index in [1.165, 1.54) is 0 Å². The van der Waals surface area contributed by atoms with Gasteiger partial charge in [0.1, 0.15) is 0 Å². The van der Waals surface area contributed by atoms with Gasteiger partial charge in [0, 0.05) is 13.0 Å². The molecule has 0 saturated carbocycles. The second-order valence-electron chi connectivity index (χ2n) is 9.55. The summed E-state index contributed by atoms with van der Waals surface area (Å²) in [4.78, 5) is 31.0. The maximum absolute atomic E-state index is 13.9. The Morgan fingerprint density at radius 3 is 2.66 bits per heavy atom. The topological polar surface area (TPSA) is 86.1 Å². The van der Waals surface area contributed by atoms with E-state index >= 15 is 0 Å². The Morgan fingerprint density at radius 1 is 1.25 bits per heavy atom. The molecule has 5 rings (SSSR count). The Kier molecular flexibility index (Phi) is 4.65. The number of piperazine rings is 1. The van der Waals surface area contributed by atoms with Gasteiger partial charge in [-0.15, -0.1) is 0 Å². The van der Waals surface area contributed by atoms with E-state index in [2.05, 4.69) is 11.0 Å². The first-order valence-corrected chi connectivity index (χ1v) is 12.8. The Balaban J connectivity index is 1.59. The molecule has 2 amide bonds. The Labute approximate surface area is 194 Å². The molecule has 1 spiro atoms. The van der Waals surface area contributed by atoms with E-state index < -0.39 is 30.7 Å². The third-order valence-electron chi connectivity index (χ3n) is 7.19. The van der Waals surface area contributed by atoms with Crippen molar-refractivity contribution in [1.29, 1.82) is 5.26 Å². The number of amides is 2. The van der Waals surface area contributed by atoms with E-state index in [1.54, 1.807) is 15.9 Å². The summed E-state index contributed by atoms with van der Waals surface area (Å²) in [7, 11) is 2.99. The van der Waals surface area contributed by atoms with Crippen LogP contribution in [0, 0.1) is 16.7 Å². The molecule has 10 heteroatoms. The van der Waals surface area contributed by atoms with Crippen molar-refractivity contribution in [2.45, 2.75) is 42.5 Å². The van der Waals surface area contributed by atoms with Gasteiger partial charge < -0.3 is 24.2 Å². The van der Waals surface area contributed by atoms with Crippen molar-refractivity contribution >= 4 is 32.5 Å². The minimum absolute atomic E-state index is 0.110. The van der Waals surface area contributed by atoms with Gasteiger partial charge in [0.25, 0.3) is 11.8 Å². The van der Waals surface area contributed by atoms with Gasteiger partial charge in [-0.3, -0.25) is 9.59 Å². The lowest BCUT2D eigenvalue weighted by molar-refractivity contribution is -0.160. The lowest BCUT2D eigenvalue weighted by Gasteiger charge is -2.41. The average molecular weight is 475 g/mol. The van der Waals surface area contributed by atoms with Crippen molar-refractivity contribution in [3.05, 3.63) is 23.8 Å². The molecule has 0 aliphatic carbocycles. The van der Waals surface area contributed by atoms with Crippen LogP contribution in [-0.2, 0) is 30.2 Å². The van der Waals surface area contributed by atoms with Crippen LogP contribution >= 0.6 is 0 Å². The molecule has 32 heavy (non-hydrogen) atoms. The third kappa shape index (κ3) is 2.47. The summed E-state index contributed by atoms with van der Waals surface area (Å²) in [6.07, 6.45) is 0.998. The fourth-order valence-corrected chi connectivity index (χ4v) is 9.15. The summed E-state index contributed by atoms with van der Waals surface area (Å²) in [6.45, 7) is 5.07. The monoisotopic (exact) mass is 474 g/mol. The number of carbonyl (C=O) groups is 2. The molecule has 5 atom stereocenters. The summed E-state index contributed by atoms with van der Waals surface area (Å²) < 4.78 is 11.0. The predicted molar refractivity (Wildman–Crippen MR) is 121 cm³/mol. The van der Waals surface area contributed by atoms with Crippen LogP contribution in [0.25, 0.3) is 0 Å². The standard InChI is InChI=1S/C22H26N4O4S2/c1-20(12-23)11-22-19(28)25(9-5-8-24(3)4)21(2,32(22)31)18(27)26(22)17(20)14-6-7-15-16(10-14)30-13-29-15/h6-7,10,17H,5,8-9,11,13H2,1-4H3/t17-,20+,21-,22-,32?/m0/s1. The molecule has 170 valence electrons. The van der Waals surface area contributed by atoms with Crippen LogP contribution in [0.3, 0.4) is 0 Å². The zero-order valence-corrected chi connectivity index (χ0v) is 20.2. The Morgan fingerprint density at radius 2 is 1.97 bits per heavy atom. The van der Waals surface area contributed by atoms with Crippen LogP contribution in [-0.4, -0.2) is 70.2 Å². The first-order valence-electron chi connectivity index (χ1n) is 10.6. The second kappa shape index (κ2) is 6.89. The van der Waals surface area contributed by atoms with Gasteiger partial charge in [-0.25, -0.2) is 0 Å². The van der Waals surface area contributed by atoms with Crippen molar-refractivity contribution in [1.82, 2.24) is 14.7 Å². The van der Waals surface area contributed by atoms with Crippen molar-refractivity contribution in [3.8, 4) is 17.6 Å². The molecule has 1 aromatic carbocycles. The molecule has 0 aromatic heterocycles. The van der Waals surface area contributed by atoms with Crippen LogP contribution in [0.5, 0.6) is 11.5 Å². The van der Waals surface area contributed by atoms with E-state index in [4.69, 9.17) is 20.7 Å². The van der Waals surface area contributed by atoms with Crippen molar-refractivity contribution in [2.24, 2.45) is 5.41 Å². The molecule has 4 heterocycles. The number of hydrogen-bond donors (Lipinski definition) is 0. The number of fused-ring (bicyclic) bond motifs is 2. The molecule has 0 radical (unpaired) electrons. The summed E-state index contributed by atoms with van der Waals surface area (Å²) in [5.74, 6) is 0.955. The summed E-state index contributed by atoms with van der Waals surface area (Å²) in [6, 6.07) is 7.32. The molecule has 3 saturated heterocycles. The van der Waals surface area contributed by atoms with Gasteiger partial charge >= 0.3 is 0 Å². The first kappa shape index (κ1) is 21.6. The van der Waals surface area contributed by atoms with E-state index in [0.717, 1.165) is 18.5 Å². The van der Waals surface area contributed by atoms with Crippen molar-refractivity contribution in [2.75, 3.05) is 34.0 Å². The van der Waals surface area contributed by atoms with Gasteiger partial charge in [-0.2, -0.15) is 5.26 Å². The predicted octanol–water partition coefficient (Wildman–Crippen LogP) is 1.52. The van der Waals surface area contributed by atoms with Crippen molar-refractivity contribution < 1.29 is 19.1 Å². The van der Waals surface area contributed by atoms with E-state index in [9.17, 15) is 14.9 Å². The quantitative estimate of drug-likeness (QED) is 0.640. The van der Waals surface area contributed by atoms with Gasteiger partial charge in [-0.05, 0) is 69.8 Å². The second-order valence-corrected chi connectivity index (χ2v) is 12.6.